The molecule has 0 saturated heterocycles. The van der Waals surface area contributed by atoms with Crippen molar-refractivity contribution in [3.63, 3.8) is 0 Å². The van der Waals surface area contributed by atoms with Crippen molar-refractivity contribution in [1.29, 1.82) is 0 Å². The number of ether oxygens (including phenoxy) is 1. The van der Waals surface area contributed by atoms with E-state index >= 15 is 0 Å². The van der Waals surface area contributed by atoms with Crippen LogP contribution in [0.25, 0.3) is 11.3 Å². The maximum atomic E-state index is 10.1. The number of aliphatic hydroxyl groups is 1. The molecule has 3 rings (SSSR count). The van der Waals surface area contributed by atoms with Gasteiger partial charge in [0.15, 0.2) is 5.76 Å². The maximum Gasteiger partial charge on any atom is 0.209 e. The van der Waals surface area contributed by atoms with Crippen molar-refractivity contribution in [3.05, 3.63) is 36.4 Å². The Bertz CT molecular complexity index is 638. The quantitative estimate of drug-likeness (QED) is 0.880. The van der Waals surface area contributed by atoms with Crippen molar-refractivity contribution in [2.75, 3.05) is 20.7 Å². The number of rotatable bonds is 6. The molecule has 1 aromatic heterocycles. The van der Waals surface area contributed by atoms with E-state index in [0.29, 0.717) is 18.4 Å². The number of aliphatic hydroxyl groups excluding tert-OH is 1. The molecule has 5 heteroatoms. The molecule has 2 unspecified atom stereocenters. The number of hydrogen-bond acceptors (Lipinski definition) is 5. The fraction of sp³-hybridized carbons (Fsp3) is 0.526. The first kappa shape index (κ1) is 17.0. The number of nitrogens with zero attached hydrogens (tertiary/aromatic N) is 2. The van der Waals surface area contributed by atoms with Gasteiger partial charge in [-0.1, -0.05) is 12.8 Å². The fourth-order valence-electron chi connectivity index (χ4n) is 3.37. The summed E-state index contributed by atoms with van der Waals surface area (Å²) in [5.41, 5.74) is 0.986. The van der Waals surface area contributed by atoms with Crippen molar-refractivity contribution >= 4 is 0 Å². The van der Waals surface area contributed by atoms with Crippen LogP contribution >= 0.6 is 0 Å². The van der Waals surface area contributed by atoms with Crippen LogP contribution in [0.15, 0.2) is 34.9 Å². The van der Waals surface area contributed by atoms with E-state index in [1.54, 1.807) is 13.3 Å². The standard InChI is InChI=1S/C19H26N2O3/c1-21(12-15-5-3-4-6-17(15)22)13-19-20-11-18(24-19)14-7-9-16(23-2)10-8-14/h7-11,15,17,22H,3-6,12-13H2,1-2H3. The molecule has 24 heavy (non-hydrogen) atoms. The summed E-state index contributed by atoms with van der Waals surface area (Å²) in [4.78, 5) is 6.57. The number of benzene rings is 1. The first-order valence-corrected chi connectivity index (χ1v) is 8.61. The summed E-state index contributed by atoms with van der Waals surface area (Å²) in [5, 5.41) is 10.1. The third-order valence-corrected chi connectivity index (χ3v) is 4.75. The molecule has 0 spiro atoms. The lowest BCUT2D eigenvalue weighted by Crippen LogP contribution is -2.34. The van der Waals surface area contributed by atoms with Crippen LogP contribution in [0, 0.1) is 5.92 Å². The van der Waals surface area contributed by atoms with Crippen LogP contribution in [0.5, 0.6) is 5.75 Å². The second-order valence-electron chi connectivity index (χ2n) is 6.66. The summed E-state index contributed by atoms with van der Waals surface area (Å²) in [6.07, 6.45) is 6.00. The minimum atomic E-state index is -0.166. The molecule has 1 aliphatic carbocycles. The highest BCUT2D eigenvalue weighted by Crippen LogP contribution is 2.26. The lowest BCUT2D eigenvalue weighted by Gasteiger charge is -2.30. The molecule has 1 fully saturated rings. The van der Waals surface area contributed by atoms with E-state index in [1.165, 1.54) is 6.42 Å². The van der Waals surface area contributed by atoms with E-state index in [4.69, 9.17) is 9.15 Å². The Kier molecular flexibility index (Phi) is 5.53. The Morgan fingerprint density at radius 3 is 2.71 bits per heavy atom. The zero-order valence-corrected chi connectivity index (χ0v) is 14.4. The molecule has 0 radical (unpaired) electrons. The van der Waals surface area contributed by atoms with Gasteiger partial charge in [0.25, 0.3) is 0 Å². The number of oxazole rings is 1. The molecule has 1 aromatic carbocycles. The minimum absolute atomic E-state index is 0.166. The van der Waals surface area contributed by atoms with Crippen molar-refractivity contribution in [2.24, 2.45) is 5.92 Å². The molecular formula is C19H26N2O3. The van der Waals surface area contributed by atoms with Crippen LogP contribution in [0.3, 0.4) is 0 Å². The second-order valence-corrected chi connectivity index (χ2v) is 6.66. The summed E-state index contributed by atoms with van der Waals surface area (Å²) in [6.45, 7) is 1.53. The Morgan fingerprint density at radius 1 is 1.25 bits per heavy atom. The van der Waals surface area contributed by atoms with Crippen LogP contribution in [0.1, 0.15) is 31.6 Å². The van der Waals surface area contributed by atoms with Crippen molar-refractivity contribution < 1.29 is 14.3 Å². The van der Waals surface area contributed by atoms with Gasteiger partial charge in [0, 0.05) is 12.1 Å². The van der Waals surface area contributed by atoms with Crippen LogP contribution in [0.2, 0.25) is 0 Å². The van der Waals surface area contributed by atoms with Gasteiger partial charge in [-0.25, -0.2) is 4.98 Å². The third-order valence-electron chi connectivity index (χ3n) is 4.75. The molecule has 1 saturated carbocycles. The highest BCUT2D eigenvalue weighted by Gasteiger charge is 2.24. The molecule has 130 valence electrons. The lowest BCUT2D eigenvalue weighted by molar-refractivity contribution is 0.0488. The highest BCUT2D eigenvalue weighted by atomic mass is 16.5. The normalized spacial score (nSPS) is 21.2. The fourth-order valence-corrected chi connectivity index (χ4v) is 3.37. The van der Waals surface area contributed by atoms with Crippen molar-refractivity contribution in [3.8, 4) is 17.1 Å². The molecule has 0 amide bonds. The summed E-state index contributed by atoms with van der Waals surface area (Å²) in [6, 6.07) is 7.75. The monoisotopic (exact) mass is 330 g/mol. The molecule has 0 aliphatic heterocycles. The van der Waals surface area contributed by atoms with Gasteiger partial charge in [-0.2, -0.15) is 0 Å². The molecule has 2 aromatic rings. The van der Waals surface area contributed by atoms with E-state index in [-0.39, 0.29) is 6.10 Å². The average Bonchev–Trinajstić information content (AvgIpc) is 3.05. The Morgan fingerprint density at radius 2 is 2.00 bits per heavy atom. The largest absolute Gasteiger partial charge is 0.497 e. The van der Waals surface area contributed by atoms with Crippen molar-refractivity contribution in [2.45, 2.75) is 38.3 Å². The van der Waals surface area contributed by atoms with Gasteiger partial charge in [-0.05, 0) is 50.1 Å². The lowest BCUT2D eigenvalue weighted by atomic mass is 9.86. The van der Waals surface area contributed by atoms with Crippen molar-refractivity contribution in [1.82, 2.24) is 9.88 Å². The van der Waals surface area contributed by atoms with Gasteiger partial charge in [0.05, 0.1) is 26.0 Å². The first-order chi connectivity index (χ1) is 11.7. The molecule has 2 atom stereocenters. The van der Waals surface area contributed by atoms with Gasteiger partial charge in [0.2, 0.25) is 5.89 Å². The smallest absolute Gasteiger partial charge is 0.209 e. The first-order valence-electron chi connectivity index (χ1n) is 8.61. The van der Waals surface area contributed by atoms with E-state index in [0.717, 1.165) is 42.9 Å². The molecule has 1 aliphatic rings. The number of hydrogen-bond donors (Lipinski definition) is 1. The Labute approximate surface area is 143 Å². The minimum Gasteiger partial charge on any atom is -0.497 e. The predicted octanol–water partition coefficient (Wildman–Crippen LogP) is 3.33. The predicted molar refractivity (Wildman–Crippen MR) is 92.8 cm³/mol. The van der Waals surface area contributed by atoms with Crippen LogP contribution in [-0.2, 0) is 6.54 Å². The van der Waals surface area contributed by atoms with Crippen LogP contribution in [0.4, 0.5) is 0 Å². The average molecular weight is 330 g/mol. The number of methoxy groups -OCH3 is 1. The molecule has 0 bridgehead atoms. The van der Waals surface area contributed by atoms with Crippen LogP contribution in [-0.4, -0.2) is 41.8 Å². The molecule has 5 nitrogen and oxygen atoms in total. The molecular weight excluding hydrogens is 304 g/mol. The third kappa shape index (κ3) is 4.16. The molecule has 1 heterocycles. The summed E-state index contributed by atoms with van der Waals surface area (Å²) >= 11 is 0. The van der Waals surface area contributed by atoms with E-state index < -0.39 is 0 Å². The highest BCUT2D eigenvalue weighted by molar-refractivity contribution is 5.57. The van der Waals surface area contributed by atoms with Gasteiger partial charge in [-0.15, -0.1) is 0 Å². The van der Waals surface area contributed by atoms with Gasteiger partial charge in [-0.3, -0.25) is 4.90 Å². The van der Waals surface area contributed by atoms with Gasteiger partial charge < -0.3 is 14.3 Å². The topological polar surface area (TPSA) is 58.7 Å². The summed E-state index contributed by atoms with van der Waals surface area (Å²) in [7, 11) is 3.71. The summed E-state index contributed by atoms with van der Waals surface area (Å²) in [5.74, 6) is 2.65. The summed E-state index contributed by atoms with van der Waals surface area (Å²) < 4.78 is 11.0. The maximum absolute atomic E-state index is 10.1. The zero-order chi connectivity index (χ0) is 16.9. The zero-order valence-electron chi connectivity index (χ0n) is 14.4. The Balaban J connectivity index is 1.58. The second kappa shape index (κ2) is 7.81. The van der Waals surface area contributed by atoms with Gasteiger partial charge in [0.1, 0.15) is 5.75 Å². The van der Waals surface area contributed by atoms with Crippen LogP contribution < -0.4 is 4.74 Å². The van der Waals surface area contributed by atoms with E-state index in [1.807, 2.05) is 24.3 Å². The van der Waals surface area contributed by atoms with E-state index in [9.17, 15) is 5.11 Å². The Hall–Kier alpha value is -1.85. The number of aromatic nitrogens is 1. The molecule has 1 N–H and O–H groups in total. The van der Waals surface area contributed by atoms with Gasteiger partial charge >= 0.3 is 0 Å². The van der Waals surface area contributed by atoms with E-state index in [2.05, 4.69) is 16.9 Å². The SMILES string of the molecule is COc1ccc(-c2cnc(CN(C)CC3CCCCC3O)o2)cc1.